The van der Waals surface area contributed by atoms with Crippen molar-refractivity contribution < 1.29 is 9.32 Å². The number of carbonyl (C=O) groups is 1. The third-order valence-corrected chi connectivity index (χ3v) is 4.59. The molecule has 3 aromatic carbocycles. The number of nitrogens with zero attached hydrogens (tertiary/aromatic N) is 1. The summed E-state index contributed by atoms with van der Waals surface area (Å²) >= 11 is 0. The molecule has 1 heterocycles. The zero-order valence-electron chi connectivity index (χ0n) is 15.6. The number of anilines is 3. The predicted molar refractivity (Wildman–Crippen MR) is 112 cm³/mol. The first-order valence-electron chi connectivity index (χ1n) is 8.91. The average molecular weight is 372 g/mol. The highest BCUT2D eigenvalue weighted by Gasteiger charge is 2.14. The molecule has 0 aliphatic rings. The summed E-state index contributed by atoms with van der Waals surface area (Å²) in [6.45, 7) is 3.94. The van der Waals surface area contributed by atoms with Crippen LogP contribution in [0.25, 0.3) is 22.0 Å². The van der Waals surface area contributed by atoms with E-state index in [-0.39, 0.29) is 6.03 Å². The summed E-state index contributed by atoms with van der Waals surface area (Å²) in [4.78, 5) is 12.2. The van der Waals surface area contributed by atoms with E-state index in [1.54, 1.807) is 0 Å². The third kappa shape index (κ3) is 3.40. The Hall–Kier alpha value is -3.80. The number of nitrogens with one attached hydrogen (secondary N) is 2. The summed E-state index contributed by atoms with van der Waals surface area (Å²) in [6, 6.07) is 18.9. The molecule has 0 fully saturated rings. The van der Waals surface area contributed by atoms with Crippen LogP contribution in [0.5, 0.6) is 0 Å². The van der Waals surface area contributed by atoms with Crippen LogP contribution in [0.4, 0.5) is 22.1 Å². The Morgan fingerprint density at radius 1 is 0.964 bits per heavy atom. The quantitative estimate of drug-likeness (QED) is 0.453. The van der Waals surface area contributed by atoms with Crippen LogP contribution < -0.4 is 16.4 Å². The van der Waals surface area contributed by atoms with Crippen molar-refractivity contribution >= 4 is 34.2 Å². The summed E-state index contributed by atoms with van der Waals surface area (Å²) in [5.74, 6) is 0.299. The number of hydrogen-bond donors (Lipinski definition) is 3. The Morgan fingerprint density at radius 2 is 1.71 bits per heavy atom. The van der Waals surface area contributed by atoms with Crippen LogP contribution in [0.2, 0.25) is 0 Å². The van der Waals surface area contributed by atoms with Crippen LogP contribution in [0.1, 0.15) is 11.1 Å². The molecule has 0 aliphatic heterocycles. The number of aromatic nitrogens is 1. The summed E-state index contributed by atoms with van der Waals surface area (Å²) in [5.41, 5.74) is 12.2. The molecule has 1 aromatic heterocycles. The number of urea groups is 1. The molecule has 0 radical (unpaired) electrons. The van der Waals surface area contributed by atoms with Crippen molar-refractivity contribution in [1.29, 1.82) is 0 Å². The van der Waals surface area contributed by atoms with Crippen molar-refractivity contribution in [2.24, 2.45) is 0 Å². The first kappa shape index (κ1) is 17.6. The number of benzene rings is 3. The Bertz CT molecular complexity index is 1160. The minimum absolute atomic E-state index is 0.292. The van der Waals surface area contributed by atoms with Crippen LogP contribution in [0, 0.1) is 13.8 Å². The van der Waals surface area contributed by atoms with Gasteiger partial charge in [-0.1, -0.05) is 41.6 Å². The first-order valence-corrected chi connectivity index (χ1v) is 8.91. The van der Waals surface area contributed by atoms with E-state index < -0.39 is 0 Å². The minimum Gasteiger partial charge on any atom is -0.367 e. The van der Waals surface area contributed by atoms with Crippen molar-refractivity contribution in [2.75, 3.05) is 16.4 Å². The number of nitrogen functional groups attached to an aromatic ring is 1. The number of fused-ring (bicyclic) bond motifs is 1. The lowest BCUT2D eigenvalue weighted by atomic mass is 9.99. The number of carbonyl (C=O) groups excluding carboxylic acids is 1. The second-order valence-electron chi connectivity index (χ2n) is 6.73. The van der Waals surface area contributed by atoms with Gasteiger partial charge in [0.05, 0.1) is 5.39 Å². The lowest BCUT2D eigenvalue weighted by Gasteiger charge is -2.10. The average Bonchev–Trinajstić information content (AvgIpc) is 3.06. The van der Waals surface area contributed by atoms with Crippen molar-refractivity contribution in [3.8, 4) is 11.1 Å². The standard InChI is InChI=1S/C22H20N4O2/c1-13-4-3-5-17(12-13)25-22(27)24-16-9-7-15(8-10-16)18-11-6-14(2)20-19(18)21(23)28-26-20/h3-12H,23H2,1-2H3,(H2,24,25,27). The number of hydrogen-bond acceptors (Lipinski definition) is 4. The number of aryl methyl sites for hydroxylation is 2. The van der Waals surface area contributed by atoms with Gasteiger partial charge in [-0.2, -0.15) is 0 Å². The van der Waals surface area contributed by atoms with E-state index in [1.807, 2.05) is 74.5 Å². The van der Waals surface area contributed by atoms with E-state index in [2.05, 4.69) is 15.8 Å². The van der Waals surface area contributed by atoms with Gasteiger partial charge < -0.3 is 20.9 Å². The molecule has 0 bridgehead atoms. The van der Waals surface area contributed by atoms with Gasteiger partial charge in [0.1, 0.15) is 5.52 Å². The van der Waals surface area contributed by atoms with Gasteiger partial charge in [0.25, 0.3) is 0 Å². The Kier molecular flexibility index (Phi) is 4.45. The zero-order chi connectivity index (χ0) is 19.7. The largest absolute Gasteiger partial charge is 0.367 e. The van der Waals surface area contributed by atoms with Crippen LogP contribution in [-0.4, -0.2) is 11.2 Å². The second kappa shape index (κ2) is 7.08. The van der Waals surface area contributed by atoms with E-state index >= 15 is 0 Å². The highest BCUT2D eigenvalue weighted by Crippen LogP contribution is 2.34. The molecule has 6 heteroatoms. The Morgan fingerprint density at radius 3 is 2.46 bits per heavy atom. The molecule has 0 aliphatic carbocycles. The molecule has 0 saturated carbocycles. The lowest BCUT2D eigenvalue weighted by molar-refractivity contribution is 0.262. The summed E-state index contributed by atoms with van der Waals surface area (Å²) < 4.78 is 5.16. The summed E-state index contributed by atoms with van der Waals surface area (Å²) in [7, 11) is 0. The van der Waals surface area contributed by atoms with E-state index in [9.17, 15) is 4.79 Å². The molecule has 0 saturated heterocycles. The molecular weight excluding hydrogens is 352 g/mol. The predicted octanol–water partition coefficient (Wildman–Crippen LogP) is 5.34. The van der Waals surface area contributed by atoms with Crippen LogP contribution in [-0.2, 0) is 0 Å². The van der Waals surface area contributed by atoms with E-state index in [0.29, 0.717) is 11.6 Å². The van der Waals surface area contributed by atoms with E-state index in [1.165, 1.54) is 0 Å². The van der Waals surface area contributed by atoms with E-state index in [4.69, 9.17) is 10.3 Å². The maximum Gasteiger partial charge on any atom is 0.323 e. The smallest absolute Gasteiger partial charge is 0.323 e. The van der Waals surface area contributed by atoms with Crippen molar-refractivity contribution in [3.63, 3.8) is 0 Å². The van der Waals surface area contributed by atoms with Crippen LogP contribution in [0.15, 0.2) is 65.2 Å². The fourth-order valence-electron chi connectivity index (χ4n) is 3.19. The molecule has 4 rings (SSSR count). The van der Waals surface area contributed by atoms with Crippen LogP contribution in [0.3, 0.4) is 0 Å². The SMILES string of the molecule is Cc1cccc(NC(=O)Nc2ccc(-c3ccc(C)c4noc(N)c34)cc2)c1. The highest BCUT2D eigenvalue weighted by molar-refractivity contribution is 6.03. The minimum atomic E-state index is -0.292. The maximum atomic E-state index is 12.2. The van der Waals surface area contributed by atoms with Gasteiger partial charge in [-0.15, -0.1) is 0 Å². The lowest BCUT2D eigenvalue weighted by Crippen LogP contribution is -2.19. The first-order chi connectivity index (χ1) is 13.5. The second-order valence-corrected chi connectivity index (χ2v) is 6.73. The fraction of sp³-hybridized carbons (Fsp3) is 0.0909. The molecule has 140 valence electrons. The summed E-state index contributed by atoms with van der Waals surface area (Å²) in [5, 5.41) is 10.5. The summed E-state index contributed by atoms with van der Waals surface area (Å²) in [6.07, 6.45) is 0. The third-order valence-electron chi connectivity index (χ3n) is 4.59. The molecule has 4 N–H and O–H groups in total. The van der Waals surface area contributed by atoms with Gasteiger partial charge in [0, 0.05) is 11.4 Å². The molecule has 28 heavy (non-hydrogen) atoms. The normalized spacial score (nSPS) is 10.8. The van der Waals surface area contributed by atoms with Crippen LogP contribution >= 0.6 is 0 Å². The Balaban J connectivity index is 1.54. The van der Waals surface area contributed by atoms with Crippen molar-refractivity contribution in [3.05, 3.63) is 71.8 Å². The maximum absolute atomic E-state index is 12.2. The molecule has 2 amide bonds. The molecule has 0 atom stereocenters. The van der Waals surface area contributed by atoms with Crippen molar-refractivity contribution in [1.82, 2.24) is 5.16 Å². The van der Waals surface area contributed by atoms with E-state index in [0.717, 1.165) is 38.8 Å². The zero-order valence-corrected chi connectivity index (χ0v) is 15.6. The molecule has 0 unspecified atom stereocenters. The van der Waals surface area contributed by atoms with Gasteiger partial charge in [0.2, 0.25) is 5.88 Å². The number of rotatable bonds is 3. The molecular formula is C22H20N4O2. The van der Waals surface area contributed by atoms with Gasteiger partial charge in [-0.25, -0.2) is 4.79 Å². The fourth-order valence-corrected chi connectivity index (χ4v) is 3.19. The number of nitrogens with two attached hydrogens (primary N) is 1. The molecule has 6 nitrogen and oxygen atoms in total. The topological polar surface area (TPSA) is 93.2 Å². The highest BCUT2D eigenvalue weighted by atomic mass is 16.5. The Labute approximate surface area is 162 Å². The monoisotopic (exact) mass is 372 g/mol. The van der Waals surface area contributed by atoms with Gasteiger partial charge >= 0.3 is 6.03 Å². The number of amides is 2. The van der Waals surface area contributed by atoms with Crippen molar-refractivity contribution in [2.45, 2.75) is 13.8 Å². The van der Waals surface area contributed by atoms with Gasteiger partial charge in [-0.3, -0.25) is 0 Å². The van der Waals surface area contributed by atoms with Gasteiger partial charge in [-0.05, 0) is 60.4 Å². The molecule has 0 spiro atoms. The molecule has 4 aromatic rings. The van der Waals surface area contributed by atoms with Gasteiger partial charge in [0.15, 0.2) is 0 Å².